The molecule has 0 saturated heterocycles. The van der Waals surface area contributed by atoms with Crippen LogP contribution in [0.3, 0.4) is 0 Å². The number of rotatable bonds is 7. The molecule has 156 valence electrons. The van der Waals surface area contributed by atoms with Gasteiger partial charge < -0.3 is 15.0 Å². The first-order valence-electron chi connectivity index (χ1n) is 9.40. The molecule has 0 spiro atoms. The molecule has 3 rings (SSSR count). The van der Waals surface area contributed by atoms with Crippen molar-refractivity contribution in [1.29, 1.82) is 0 Å². The molecule has 6 nitrogen and oxygen atoms in total. The van der Waals surface area contributed by atoms with Gasteiger partial charge in [-0.3, -0.25) is 9.59 Å². The minimum atomic E-state index is -0.369. The minimum Gasteiger partial charge on any atom is -0.497 e. The predicted octanol–water partition coefficient (Wildman–Crippen LogP) is 5.04. The number of hydrogen-bond donors (Lipinski definition) is 1. The van der Waals surface area contributed by atoms with Gasteiger partial charge in [0.05, 0.1) is 23.3 Å². The molecule has 1 heterocycles. The molecule has 0 aliphatic rings. The van der Waals surface area contributed by atoms with E-state index in [-0.39, 0.29) is 24.1 Å². The topological polar surface area (TPSA) is 71.5 Å². The lowest BCUT2D eigenvalue weighted by Crippen LogP contribution is -2.39. The number of anilines is 1. The molecule has 2 amide bonds. The first-order valence-corrected chi connectivity index (χ1v) is 10.2. The van der Waals surface area contributed by atoms with Crippen LogP contribution < -0.4 is 10.1 Å². The molecule has 0 fully saturated rings. The van der Waals surface area contributed by atoms with Crippen molar-refractivity contribution in [2.75, 3.05) is 25.5 Å². The highest BCUT2D eigenvalue weighted by Gasteiger charge is 2.20. The molecule has 0 unspecified atom stereocenters. The fraction of sp³-hybridized carbons (Fsp3) is 0.227. The van der Waals surface area contributed by atoms with E-state index in [9.17, 15) is 9.59 Å². The third kappa shape index (κ3) is 5.20. The number of benzene rings is 2. The monoisotopic (exact) mass is 445 g/mol. The van der Waals surface area contributed by atoms with Crippen molar-refractivity contribution < 1.29 is 14.3 Å². The SMILES string of the molecule is CCCN(CC(=O)Nc1cc(Cl)ccc1Cl)C(=O)c1ccc2cc(OC)ccc2n1. The molecular weight excluding hydrogens is 425 g/mol. The van der Waals surface area contributed by atoms with Crippen LogP contribution in [0.2, 0.25) is 10.0 Å². The number of hydrogen-bond acceptors (Lipinski definition) is 4. The van der Waals surface area contributed by atoms with Crippen molar-refractivity contribution in [2.24, 2.45) is 0 Å². The maximum absolute atomic E-state index is 13.0. The summed E-state index contributed by atoms with van der Waals surface area (Å²) < 4.78 is 5.21. The third-order valence-corrected chi connectivity index (χ3v) is 5.00. The number of nitrogens with zero attached hydrogens (tertiary/aromatic N) is 2. The first kappa shape index (κ1) is 21.9. The number of halogens is 2. The van der Waals surface area contributed by atoms with Gasteiger partial charge in [0, 0.05) is 17.0 Å². The molecule has 3 aromatic rings. The van der Waals surface area contributed by atoms with E-state index < -0.39 is 0 Å². The van der Waals surface area contributed by atoms with Gasteiger partial charge in [0.25, 0.3) is 5.91 Å². The molecular formula is C22H21Cl2N3O3. The molecule has 0 radical (unpaired) electrons. The Balaban J connectivity index is 1.77. The smallest absolute Gasteiger partial charge is 0.272 e. The van der Waals surface area contributed by atoms with Gasteiger partial charge in [-0.2, -0.15) is 0 Å². The summed E-state index contributed by atoms with van der Waals surface area (Å²) in [6.07, 6.45) is 0.696. The number of carbonyl (C=O) groups excluding carboxylic acids is 2. The highest BCUT2D eigenvalue weighted by Crippen LogP contribution is 2.25. The second-order valence-corrected chi connectivity index (χ2v) is 7.50. The molecule has 0 aliphatic carbocycles. The Hall–Kier alpha value is -2.83. The lowest BCUT2D eigenvalue weighted by Gasteiger charge is -2.21. The Bertz CT molecular complexity index is 1090. The minimum absolute atomic E-state index is 0.127. The zero-order chi connectivity index (χ0) is 21.7. The molecule has 1 N–H and O–H groups in total. The van der Waals surface area contributed by atoms with Crippen LogP contribution >= 0.6 is 23.2 Å². The molecule has 30 heavy (non-hydrogen) atoms. The highest BCUT2D eigenvalue weighted by molar-refractivity contribution is 6.35. The van der Waals surface area contributed by atoms with Crippen LogP contribution in [-0.4, -0.2) is 41.9 Å². The Labute approximate surface area is 184 Å². The van der Waals surface area contributed by atoms with Crippen LogP contribution in [0.5, 0.6) is 5.75 Å². The number of methoxy groups -OCH3 is 1. The zero-order valence-corrected chi connectivity index (χ0v) is 18.1. The van der Waals surface area contributed by atoms with Gasteiger partial charge in [-0.05, 0) is 48.9 Å². The number of aromatic nitrogens is 1. The molecule has 8 heteroatoms. The molecule has 0 bridgehead atoms. The number of ether oxygens (including phenoxy) is 1. The Morgan fingerprint density at radius 1 is 1.10 bits per heavy atom. The lowest BCUT2D eigenvalue weighted by atomic mass is 10.2. The van der Waals surface area contributed by atoms with Crippen LogP contribution in [-0.2, 0) is 4.79 Å². The van der Waals surface area contributed by atoms with E-state index in [4.69, 9.17) is 27.9 Å². The Morgan fingerprint density at radius 2 is 1.90 bits per heavy atom. The van der Waals surface area contributed by atoms with Crippen molar-refractivity contribution in [3.8, 4) is 5.75 Å². The fourth-order valence-corrected chi connectivity index (χ4v) is 3.33. The molecule has 2 aromatic carbocycles. The second-order valence-electron chi connectivity index (χ2n) is 6.65. The number of pyridine rings is 1. The van der Waals surface area contributed by atoms with Crippen molar-refractivity contribution >= 4 is 51.6 Å². The van der Waals surface area contributed by atoms with Crippen LogP contribution in [0.15, 0.2) is 48.5 Å². The van der Waals surface area contributed by atoms with Gasteiger partial charge in [-0.1, -0.05) is 36.2 Å². The van der Waals surface area contributed by atoms with Crippen LogP contribution in [0.25, 0.3) is 10.9 Å². The van der Waals surface area contributed by atoms with Gasteiger partial charge in [0.2, 0.25) is 5.91 Å². The maximum Gasteiger partial charge on any atom is 0.272 e. The third-order valence-electron chi connectivity index (χ3n) is 4.43. The average Bonchev–Trinajstić information content (AvgIpc) is 2.74. The second kappa shape index (κ2) is 9.78. The number of carbonyl (C=O) groups is 2. The largest absolute Gasteiger partial charge is 0.497 e. The summed E-state index contributed by atoms with van der Waals surface area (Å²) in [5, 5.41) is 4.39. The average molecular weight is 446 g/mol. The maximum atomic E-state index is 13.0. The van der Waals surface area contributed by atoms with E-state index in [1.165, 1.54) is 4.90 Å². The van der Waals surface area contributed by atoms with Gasteiger partial charge in [-0.25, -0.2) is 4.98 Å². The number of fused-ring (bicyclic) bond motifs is 1. The highest BCUT2D eigenvalue weighted by atomic mass is 35.5. The van der Waals surface area contributed by atoms with E-state index >= 15 is 0 Å². The zero-order valence-electron chi connectivity index (χ0n) is 16.6. The normalized spacial score (nSPS) is 10.7. The molecule has 0 atom stereocenters. The van der Waals surface area contributed by atoms with Crippen LogP contribution in [0.4, 0.5) is 5.69 Å². The predicted molar refractivity (Wildman–Crippen MR) is 120 cm³/mol. The quantitative estimate of drug-likeness (QED) is 0.552. The summed E-state index contributed by atoms with van der Waals surface area (Å²) in [5.74, 6) is 0.0285. The summed E-state index contributed by atoms with van der Waals surface area (Å²) in [6.45, 7) is 2.22. The van der Waals surface area contributed by atoms with Crippen molar-refractivity contribution in [3.05, 3.63) is 64.3 Å². The van der Waals surface area contributed by atoms with Crippen molar-refractivity contribution in [1.82, 2.24) is 9.88 Å². The van der Waals surface area contributed by atoms with Crippen molar-refractivity contribution in [3.63, 3.8) is 0 Å². The fourth-order valence-electron chi connectivity index (χ4n) is 2.99. The van der Waals surface area contributed by atoms with Gasteiger partial charge in [0.1, 0.15) is 18.0 Å². The van der Waals surface area contributed by atoms with E-state index in [2.05, 4.69) is 10.3 Å². The van der Waals surface area contributed by atoms with Gasteiger partial charge in [0.15, 0.2) is 0 Å². The Kier molecular flexibility index (Phi) is 7.13. The lowest BCUT2D eigenvalue weighted by molar-refractivity contribution is -0.116. The first-order chi connectivity index (χ1) is 14.4. The number of nitrogens with one attached hydrogen (secondary N) is 1. The van der Waals surface area contributed by atoms with E-state index in [0.29, 0.717) is 40.0 Å². The van der Waals surface area contributed by atoms with Crippen LogP contribution in [0, 0.1) is 0 Å². The summed E-state index contributed by atoms with van der Waals surface area (Å²) in [5.41, 5.74) is 1.35. The van der Waals surface area contributed by atoms with E-state index in [1.54, 1.807) is 43.5 Å². The summed E-state index contributed by atoms with van der Waals surface area (Å²) in [7, 11) is 1.59. The summed E-state index contributed by atoms with van der Waals surface area (Å²) in [4.78, 5) is 31.5. The summed E-state index contributed by atoms with van der Waals surface area (Å²) >= 11 is 12.1. The molecule has 0 saturated carbocycles. The standard InChI is InChI=1S/C22H21Cl2N3O3/c1-3-10-27(13-21(28)26-20-12-15(23)5-7-17(20)24)22(29)19-8-4-14-11-16(30-2)6-9-18(14)25-19/h4-9,11-12H,3,10,13H2,1-2H3,(H,26,28). The summed E-state index contributed by atoms with van der Waals surface area (Å²) in [6, 6.07) is 13.7. The van der Waals surface area contributed by atoms with Crippen molar-refractivity contribution in [2.45, 2.75) is 13.3 Å². The number of amides is 2. The van der Waals surface area contributed by atoms with Crippen LogP contribution in [0.1, 0.15) is 23.8 Å². The Morgan fingerprint density at radius 3 is 2.63 bits per heavy atom. The van der Waals surface area contributed by atoms with Gasteiger partial charge in [-0.15, -0.1) is 0 Å². The molecule has 1 aromatic heterocycles. The van der Waals surface area contributed by atoms with Gasteiger partial charge >= 0.3 is 0 Å². The van der Waals surface area contributed by atoms with E-state index in [0.717, 1.165) is 5.39 Å². The van der Waals surface area contributed by atoms with E-state index in [1.807, 2.05) is 19.1 Å². The molecule has 0 aliphatic heterocycles.